The van der Waals surface area contributed by atoms with Gasteiger partial charge in [0.15, 0.2) is 0 Å². The molecule has 1 heterocycles. The van der Waals surface area contributed by atoms with Gasteiger partial charge in [0, 0.05) is 23.7 Å². The Morgan fingerprint density at radius 2 is 2.12 bits per heavy atom. The molecule has 1 atom stereocenters. The van der Waals surface area contributed by atoms with Crippen LogP contribution in [0, 0.1) is 6.92 Å². The number of halogens is 1. The van der Waals surface area contributed by atoms with E-state index in [0.29, 0.717) is 11.8 Å². The van der Waals surface area contributed by atoms with E-state index in [-0.39, 0.29) is 5.54 Å². The van der Waals surface area contributed by atoms with Crippen molar-refractivity contribution < 1.29 is 0 Å². The number of alkyl halides is 1. The molecule has 2 heteroatoms. The zero-order valence-electron chi connectivity index (χ0n) is 11.3. The summed E-state index contributed by atoms with van der Waals surface area (Å²) in [7, 11) is 0. The largest absolute Gasteiger partial charge is 0.365 e. The van der Waals surface area contributed by atoms with E-state index in [0.717, 1.165) is 6.54 Å². The highest BCUT2D eigenvalue weighted by atomic mass is 35.5. The number of aryl methyl sites for hydroxylation is 1. The summed E-state index contributed by atoms with van der Waals surface area (Å²) in [5, 5.41) is 0. The van der Waals surface area contributed by atoms with Gasteiger partial charge in [0.1, 0.15) is 0 Å². The van der Waals surface area contributed by atoms with Crippen molar-refractivity contribution in [2.75, 3.05) is 17.3 Å². The Morgan fingerprint density at radius 3 is 2.76 bits per heavy atom. The molecule has 0 saturated carbocycles. The van der Waals surface area contributed by atoms with Crippen LogP contribution in [0.4, 0.5) is 5.69 Å². The molecule has 0 N–H and O–H groups in total. The molecular weight excluding hydrogens is 230 g/mol. The molecule has 1 aliphatic heterocycles. The zero-order valence-corrected chi connectivity index (χ0v) is 12.0. The normalized spacial score (nSPS) is 22.4. The number of anilines is 1. The number of nitrogens with zero attached hydrogens (tertiary/aromatic N) is 1. The second kappa shape index (κ2) is 4.53. The lowest BCUT2D eigenvalue weighted by molar-refractivity contribution is 0.382. The van der Waals surface area contributed by atoms with Gasteiger partial charge in [-0.3, -0.25) is 0 Å². The predicted octanol–water partition coefficient (Wildman–Crippen LogP) is 4.33. The van der Waals surface area contributed by atoms with E-state index in [4.69, 9.17) is 11.6 Å². The van der Waals surface area contributed by atoms with E-state index in [1.54, 1.807) is 0 Å². The average molecular weight is 252 g/mol. The molecule has 94 valence electrons. The minimum atomic E-state index is 0.203. The fourth-order valence-corrected chi connectivity index (χ4v) is 3.28. The maximum atomic E-state index is 5.96. The van der Waals surface area contributed by atoms with E-state index in [2.05, 4.69) is 50.8 Å². The molecule has 0 amide bonds. The van der Waals surface area contributed by atoms with Gasteiger partial charge in [0.2, 0.25) is 0 Å². The molecule has 1 aromatic carbocycles. The third kappa shape index (κ3) is 2.30. The summed E-state index contributed by atoms with van der Waals surface area (Å²) in [4.78, 5) is 2.47. The van der Waals surface area contributed by atoms with Crippen molar-refractivity contribution in [2.24, 2.45) is 0 Å². The van der Waals surface area contributed by atoms with Gasteiger partial charge in [0.05, 0.1) is 0 Å². The Hall–Kier alpha value is -0.690. The van der Waals surface area contributed by atoms with Crippen LogP contribution in [0.25, 0.3) is 0 Å². The highest BCUT2D eigenvalue weighted by molar-refractivity contribution is 6.18. The maximum Gasteiger partial charge on any atom is 0.0409 e. The Labute approximate surface area is 110 Å². The number of hydrogen-bond donors (Lipinski definition) is 0. The van der Waals surface area contributed by atoms with Crippen LogP contribution in [0.1, 0.15) is 44.2 Å². The molecule has 0 aliphatic carbocycles. The van der Waals surface area contributed by atoms with Gasteiger partial charge in [-0.25, -0.2) is 0 Å². The first-order valence-electron chi connectivity index (χ1n) is 6.40. The quantitative estimate of drug-likeness (QED) is 0.708. The third-order valence-corrected chi connectivity index (χ3v) is 4.02. The van der Waals surface area contributed by atoms with Gasteiger partial charge in [-0.2, -0.15) is 0 Å². The number of benzene rings is 1. The zero-order chi connectivity index (χ0) is 12.6. The molecule has 0 radical (unpaired) electrons. The summed E-state index contributed by atoms with van der Waals surface area (Å²) < 4.78 is 0. The first-order chi connectivity index (χ1) is 7.95. The molecule has 0 bridgehead atoms. The number of hydrogen-bond acceptors (Lipinski definition) is 1. The van der Waals surface area contributed by atoms with Crippen LogP contribution in [0.5, 0.6) is 0 Å². The minimum absolute atomic E-state index is 0.203. The van der Waals surface area contributed by atoms with Crippen LogP contribution in [0.15, 0.2) is 18.2 Å². The second-order valence-electron chi connectivity index (χ2n) is 5.82. The average Bonchev–Trinajstić information content (AvgIpc) is 2.23. The topological polar surface area (TPSA) is 3.24 Å². The summed E-state index contributed by atoms with van der Waals surface area (Å²) in [5.41, 5.74) is 4.39. The van der Waals surface area contributed by atoms with Gasteiger partial charge < -0.3 is 4.90 Å². The van der Waals surface area contributed by atoms with Crippen LogP contribution < -0.4 is 4.90 Å². The van der Waals surface area contributed by atoms with Crippen LogP contribution in [-0.4, -0.2) is 18.0 Å². The summed E-state index contributed by atoms with van der Waals surface area (Å²) in [5.74, 6) is 1.32. The molecular formula is C15H22ClN. The van der Waals surface area contributed by atoms with Crippen LogP contribution in [-0.2, 0) is 0 Å². The monoisotopic (exact) mass is 251 g/mol. The van der Waals surface area contributed by atoms with Gasteiger partial charge >= 0.3 is 0 Å². The Bertz CT molecular complexity index is 411. The summed E-state index contributed by atoms with van der Waals surface area (Å²) in [6.07, 6.45) is 1.19. The van der Waals surface area contributed by atoms with E-state index in [1.165, 1.54) is 23.2 Å². The molecule has 2 rings (SSSR count). The van der Waals surface area contributed by atoms with Gasteiger partial charge in [-0.15, -0.1) is 11.6 Å². The molecule has 17 heavy (non-hydrogen) atoms. The van der Waals surface area contributed by atoms with Crippen molar-refractivity contribution in [1.29, 1.82) is 0 Å². The number of fused-ring (bicyclic) bond motifs is 1. The molecule has 1 aliphatic rings. The van der Waals surface area contributed by atoms with Crippen molar-refractivity contribution in [3.63, 3.8) is 0 Å². The summed E-state index contributed by atoms with van der Waals surface area (Å²) in [6.45, 7) is 10.1. The summed E-state index contributed by atoms with van der Waals surface area (Å²) in [6, 6.07) is 6.80. The summed E-state index contributed by atoms with van der Waals surface area (Å²) >= 11 is 5.96. The Balaban J connectivity index is 2.50. The lowest BCUT2D eigenvalue weighted by Gasteiger charge is -2.47. The van der Waals surface area contributed by atoms with Gasteiger partial charge in [-0.1, -0.05) is 19.1 Å². The van der Waals surface area contributed by atoms with Crippen molar-refractivity contribution in [3.05, 3.63) is 29.3 Å². The molecule has 1 nitrogen and oxygen atoms in total. The smallest absolute Gasteiger partial charge is 0.0409 e. The molecule has 0 spiro atoms. The van der Waals surface area contributed by atoms with Crippen molar-refractivity contribution >= 4 is 17.3 Å². The maximum absolute atomic E-state index is 5.96. The van der Waals surface area contributed by atoms with Crippen LogP contribution in [0.2, 0.25) is 0 Å². The van der Waals surface area contributed by atoms with Gasteiger partial charge in [-0.05, 0) is 50.3 Å². The van der Waals surface area contributed by atoms with E-state index in [1.807, 2.05) is 0 Å². The van der Waals surface area contributed by atoms with E-state index < -0.39 is 0 Å². The molecule has 0 fully saturated rings. The molecule has 1 aromatic rings. The fourth-order valence-electron chi connectivity index (χ4n) is 3.11. The van der Waals surface area contributed by atoms with Crippen molar-refractivity contribution in [3.8, 4) is 0 Å². The van der Waals surface area contributed by atoms with Crippen molar-refractivity contribution in [1.82, 2.24) is 0 Å². The minimum Gasteiger partial charge on any atom is -0.365 e. The number of rotatable bonds is 2. The predicted molar refractivity (Wildman–Crippen MR) is 76.4 cm³/mol. The van der Waals surface area contributed by atoms with E-state index >= 15 is 0 Å². The van der Waals surface area contributed by atoms with Crippen molar-refractivity contribution in [2.45, 2.75) is 45.6 Å². The fraction of sp³-hybridized carbons (Fsp3) is 0.600. The highest BCUT2D eigenvalue weighted by Crippen LogP contribution is 2.43. The molecule has 0 unspecified atom stereocenters. The second-order valence-corrected chi connectivity index (χ2v) is 6.20. The van der Waals surface area contributed by atoms with Gasteiger partial charge in [0.25, 0.3) is 0 Å². The highest BCUT2D eigenvalue weighted by Gasteiger charge is 2.35. The molecule has 0 saturated heterocycles. The Kier molecular flexibility index (Phi) is 3.40. The molecule has 0 aromatic heterocycles. The first-order valence-corrected chi connectivity index (χ1v) is 6.93. The lowest BCUT2D eigenvalue weighted by Crippen LogP contribution is -2.49. The Morgan fingerprint density at radius 1 is 1.41 bits per heavy atom. The standard InChI is InChI=1S/C15H22ClN/c1-11-5-6-13-12(2)10-15(3,4)17(8-7-16)14(13)9-11/h5-6,9,12H,7-8,10H2,1-4H3/t12-/m1/s1. The van der Waals surface area contributed by atoms with E-state index in [9.17, 15) is 0 Å². The first kappa shape index (κ1) is 12.8. The lowest BCUT2D eigenvalue weighted by atomic mass is 9.80. The van der Waals surface area contributed by atoms with Crippen LogP contribution in [0.3, 0.4) is 0 Å². The SMILES string of the molecule is Cc1ccc2c(c1)N(CCCl)C(C)(C)C[C@H]2C. The van der Waals surface area contributed by atoms with Crippen LogP contribution >= 0.6 is 11.6 Å². The third-order valence-electron chi connectivity index (χ3n) is 3.85.